The molecule has 0 saturated heterocycles. The van der Waals surface area contributed by atoms with Gasteiger partial charge in [-0.15, -0.1) is 34.8 Å². The first kappa shape index (κ1) is 55.5. The molecule has 0 aliphatic carbocycles. The third kappa shape index (κ3) is 15.8. The van der Waals surface area contributed by atoms with Crippen LogP contribution in [-0.4, -0.2) is 66.4 Å². The van der Waals surface area contributed by atoms with Gasteiger partial charge in [0.15, 0.2) is 11.6 Å². The number of anilines is 4. The average molecular weight is 1070 g/mol. The van der Waals surface area contributed by atoms with E-state index < -0.39 is 47.3 Å². The van der Waals surface area contributed by atoms with Crippen LogP contribution in [-0.2, 0) is 25.6 Å². The third-order valence-corrected chi connectivity index (χ3v) is 11.5. The SMILES string of the molecule is CCOc1cc(NC(=O)c2ccc(Cl)c(N=NC(C(C)=O)C(=O)Nc3ccc(NC(=O)C(N=Nc4cc(C(=O)Nc5cc(OCC)cc(C(C)Cl)c5)ccc4Cl)C(C)=O)c(CCCl)c3)c2)cc(C(C)Cl)c1. The fraction of sp³-hybridized carbons (Fsp3) is 0.280. The number of rotatable bonds is 22. The van der Waals surface area contributed by atoms with Crippen LogP contribution >= 0.6 is 58.0 Å². The topological polar surface area (TPSA) is 218 Å². The highest BCUT2D eigenvalue weighted by atomic mass is 35.5. The normalized spacial score (nSPS) is 12.9. The first-order chi connectivity index (χ1) is 33.8. The van der Waals surface area contributed by atoms with Gasteiger partial charge in [0, 0.05) is 51.9 Å². The monoisotopic (exact) mass is 1060 g/mol. The van der Waals surface area contributed by atoms with E-state index in [-0.39, 0.29) is 67.0 Å². The van der Waals surface area contributed by atoms with Crippen molar-refractivity contribution >= 4 is 127 Å². The zero-order valence-corrected chi connectivity index (χ0v) is 43.0. The van der Waals surface area contributed by atoms with E-state index in [4.69, 9.17) is 67.5 Å². The van der Waals surface area contributed by atoms with Gasteiger partial charge in [0.05, 0.1) is 34.0 Å². The molecule has 372 valence electrons. The summed E-state index contributed by atoms with van der Waals surface area (Å²) < 4.78 is 11.3. The molecule has 4 N–H and O–H groups in total. The molecule has 16 nitrogen and oxygen atoms in total. The summed E-state index contributed by atoms with van der Waals surface area (Å²) in [6.07, 6.45) is 0.197. The predicted octanol–water partition coefficient (Wildman–Crippen LogP) is 13.0. The van der Waals surface area contributed by atoms with E-state index in [0.717, 1.165) is 25.0 Å². The molecule has 5 aromatic rings. The van der Waals surface area contributed by atoms with E-state index in [1.807, 2.05) is 13.8 Å². The van der Waals surface area contributed by atoms with Crippen molar-refractivity contribution in [1.29, 1.82) is 0 Å². The van der Waals surface area contributed by atoms with Gasteiger partial charge in [-0.05, 0) is 144 Å². The van der Waals surface area contributed by atoms with E-state index in [2.05, 4.69) is 41.7 Å². The highest BCUT2D eigenvalue weighted by Gasteiger charge is 2.26. The molecule has 4 amide bonds. The number of ether oxygens (including phenoxy) is 2. The molecule has 0 saturated carbocycles. The first-order valence-electron chi connectivity index (χ1n) is 22.0. The summed E-state index contributed by atoms with van der Waals surface area (Å²) in [6, 6.07) is 20.0. The number of aryl methyl sites for hydroxylation is 1. The second kappa shape index (κ2) is 26.1. The number of benzene rings is 5. The quantitative estimate of drug-likeness (QED) is 0.0296. The number of alkyl halides is 3. The number of hydrogen-bond donors (Lipinski definition) is 4. The van der Waals surface area contributed by atoms with Crippen molar-refractivity contribution in [3.8, 4) is 11.5 Å². The fourth-order valence-corrected chi connectivity index (χ4v) is 7.37. The van der Waals surface area contributed by atoms with Crippen molar-refractivity contribution in [2.75, 3.05) is 40.4 Å². The maximum Gasteiger partial charge on any atom is 0.258 e. The molecule has 5 aromatic carbocycles. The Morgan fingerprint density at radius 1 is 0.563 bits per heavy atom. The maximum absolute atomic E-state index is 13.6. The average Bonchev–Trinajstić information content (AvgIpc) is 3.30. The van der Waals surface area contributed by atoms with Crippen molar-refractivity contribution in [2.24, 2.45) is 20.5 Å². The number of nitrogens with one attached hydrogen (secondary N) is 4. The number of carbonyl (C=O) groups is 6. The van der Waals surface area contributed by atoms with Crippen molar-refractivity contribution in [1.82, 2.24) is 0 Å². The molecular weight excluding hydrogens is 1020 g/mol. The van der Waals surface area contributed by atoms with Crippen molar-refractivity contribution in [2.45, 2.75) is 70.8 Å². The Kier molecular flexibility index (Phi) is 20.4. The molecule has 0 radical (unpaired) electrons. The highest BCUT2D eigenvalue weighted by Crippen LogP contribution is 2.33. The molecule has 0 fully saturated rings. The van der Waals surface area contributed by atoms with E-state index in [1.54, 1.807) is 50.2 Å². The summed E-state index contributed by atoms with van der Waals surface area (Å²) >= 11 is 31.5. The zero-order valence-electron chi connectivity index (χ0n) is 39.2. The lowest BCUT2D eigenvalue weighted by Crippen LogP contribution is -2.32. The minimum Gasteiger partial charge on any atom is -0.494 e. The maximum atomic E-state index is 13.6. The number of Topliss-reactive ketones (excluding diaryl/α,β-unsaturated/α-hetero) is 2. The van der Waals surface area contributed by atoms with E-state index in [0.29, 0.717) is 41.7 Å². The smallest absolute Gasteiger partial charge is 0.258 e. The van der Waals surface area contributed by atoms with Crippen LogP contribution in [0.3, 0.4) is 0 Å². The van der Waals surface area contributed by atoms with E-state index in [1.165, 1.54) is 54.6 Å². The number of ketones is 2. The highest BCUT2D eigenvalue weighted by molar-refractivity contribution is 6.33. The van der Waals surface area contributed by atoms with Gasteiger partial charge in [0.1, 0.15) is 22.9 Å². The van der Waals surface area contributed by atoms with Crippen molar-refractivity contribution in [3.05, 3.63) is 129 Å². The van der Waals surface area contributed by atoms with Crippen LogP contribution in [0.5, 0.6) is 11.5 Å². The number of hydrogen-bond acceptors (Lipinski definition) is 12. The van der Waals surface area contributed by atoms with Crippen LogP contribution in [0.2, 0.25) is 10.0 Å². The zero-order chi connectivity index (χ0) is 51.9. The Balaban J connectivity index is 1.28. The molecule has 0 spiro atoms. The Morgan fingerprint density at radius 3 is 1.42 bits per heavy atom. The van der Waals surface area contributed by atoms with Crippen LogP contribution in [0.15, 0.2) is 111 Å². The molecule has 0 aliphatic heterocycles. The molecule has 0 heterocycles. The molecule has 0 aliphatic rings. The van der Waals surface area contributed by atoms with E-state index >= 15 is 0 Å². The Labute approximate surface area is 435 Å². The van der Waals surface area contributed by atoms with Gasteiger partial charge in [-0.2, -0.15) is 20.5 Å². The lowest BCUT2D eigenvalue weighted by molar-refractivity contribution is -0.127. The number of nitrogens with zero attached hydrogens (tertiary/aromatic N) is 4. The largest absolute Gasteiger partial charge is 0.494 e. The van der Waals surface area contributed by atoms with Gasteiger partial charge in [-0.25, -0.2) is 0 Å². The van der Waals surface area contributed by atoms with Crippen molar-refractivity contribution in [3.63, 3.8) is 0 Å². The number of azo groups is 2. The third-order valence-electron chi connectivity index (χ3n) is 10.2. The Morgan fingerprint density at radius 2 is 1.01 bits per heavy atom. The first-order valence-corrected chi connectivity index (χ1v) is 24.2. The molecule has 0 bridgehead atoms. The molecule has 4 unspecified atom stereocenters. The van der Waals surface area contributed by atoms with Gasteiger partial charge in [-0.1, -0.05) is 23.2 Å². The van der Waals surface area contributed by atoms with Gasteiger partial charge >= 0.3 is 0 Å². The summed E-state index contributed by atoms with van der Waals surface area (Å²) in [7, 11) is 0. The summed E-state index contributed by atoms with van der Waals surface area (Å²) in [5.74, 6) is -2.88. The molecule has 0 aromatic heterocycles. The number of halogens is 5. The van der Waals surface area contributed by atoms with Crippen LogP contribution < -0.4 is 30.7 Å². The minimum absolute atomic E-state index is 0.0131. The van der Waals surface area contributed by atoms with Crippen LogP contribution in [0.4, 0.5) is 34.1 Å². The van der Waals surface area contributed by atoms with Crippen LogP contribution in [0, 0.1) is 0 Å². The molecule has 4 atom stereocenters. The van der Waals surface area contributed by atoms with Crippen LogP contribution in [0.1, 0.15) is 89.7 Å². The Bertz CT molecular complexity index is 2880. The standard InChI is InChI=1S/C50H49Cl5N8O8/c1-7-70-38-20-33(26(3)52)18-36(24-38)57-47(66)31-9-12-40(54)43(22-31)60-62-45(28(5)64)49(68)56-35-11-14-42(30(17-35)15-16-51)59-50(69)46(29(6)65)63-61-44-23-32(10-13-41(44)55)48(67)58-37-19-34(27(4)53)21-39(25-37)71-8-2/h9-14,17-27,45-46H,7-8,15-16H2,1-6H3,(H,56,68)(H,57,66)(H,58,67)(H,59,69). The van der Waals surface area contributed by atoms with Gasteiger partial charge in [0.25, 0.3) is 23.6 Å². The lowest BCUT2D eigenvalue weighted by atomic mass is 10.1. The van der Waals surface area contributed by atoms with Gasteiger partial charge < -0.3 is 30.7 Å². The van der Waals surface area contributed by atoms with Gasteiger partial charge in [-0.3, -0.25) is 28.8 Å². The lowest BCUT2D eigenvalue weighted by Gasteiger charge is -2.15. The van der Waals surface area contributed by atoms with Crippen LogP contribution in [0.25, 0.3) is 0 Å². The van der Waals surface area contributed by atoms with Crippen molar-refractivity contribution < 1.29 is 38.2 Å². The predicted molar refractivity (Wildman–Crippen MR) is 279 cm³/mol. The second-order valence-electron chi connectivity index (χ2n) is 15.7. The summed E-state index contributed by atoms with van der Waals surface area (Å²) in [4.78, 5) is 79.2. The summed E-state index contributed by atoms with van der Waals surface area (Å²) in [5, 5.41) is 26.6. The summed E-state index contributed by atoms with van der Waals surface area (Å²) in [5.41, 5.74) is 3.58. The Hall–Kier alpha value is -6.43. The molecule has 5 rings (SSSR count). The van der Waals surface area contributed by atoms with Gasteiger partial charge in [0.2, 0.25) is 12.1 Å². The number of carbonyl (C=O) groups excluding carboxylic acids is 6. The molecular formula is C50H49Cl5N8O8. The summed E-state index contributed by atoms with van der Waals surface area (Å²) in [6.45, 7) is 10.4. The minimum atomic E-state index is -1.64. The fourth-order valence-electron chi connectivity index (χ4n) is 6.61. The van der Waals surface area contributed by atoms with E-state index in [9.17, 15) is 28.8 Å². The molecule has 21 heteroatoms. The second-order valence-corrected chi connectivity index (χ2v) is 18.2. The number of amides is 4. The molecule has 71 heavy (non-hydrogen) atoms.